The van der Waals surface area contributed by atoms with Gasteiger partial charge in [0.25, 0.3) is 0 Å². The molecule has 21 heavy (non-hydrogen) atoms. The normalized spacial score (nSPS) is 11.0. The highest BCUT2D eigenvalue weighted by molar-refractivity contribution is 9.10. The molecule has 0 saturated carbocycles. The predicted molar refractivity (Wildman–Crippen MR) is 87.0 cm³/mol. The molecule has 0 bridgehead atoms. The van der Waals surface area contributed by atoms with E-state index in [0.29, 0.717) is 12.4 Å². The maximum atomic E-state index is 11.3. The molecule has 110 valence electrons. The van der Waals surface area contributed by atoms with Gasteiger partial charge >= 0.3 is 5.97 Å². The summed E-state index contributed by atoms with van der Waals surface area (Å²) in [7, 11) is 0. The monoisotopic (exact) mass is 348 g/mol. The molecule has 0 aliphatic carbocycles. The van der Waals surface area contributed by atoms with Gasteiger partial charge in [0, 0.05) is 16.1 Å². The van der Waals surface area contributed by atoms with E-state index in [1.54, 1.807) is 13.0 Å². The molecule has 1 aromatic carbocycles. The first-order valence-electron chi connectivity index (χ1n) is 6.73. The fourth-order valence-electron chi connectivity index (χ4n) is 2.03. The second-order valence-corrected chi connectivity index (χ2v) is 5.50. The summed E-state index contributed by atoms with van der Waals surface area (Å²) in [5.41, 5.74) is 3.33. The number of halogens is 1. The molecule has 1 heterocycles. The van der Waals surface area contributed by atoms with E-state index in [1.165, 1.54) is 6.08 Å². The molecular weight excluding hydrogens is 332 g/mol. The van der Waals surface area contributed by atoms with Crippen molar-refractivity contribution in [3.8, 4) is 11.3 Å². The van der Waals surface area contributed by atoms with Crippen molar-refractivity contribution in [1.29, 1.82) is 0 Å². The summed E-state index contributed by atoms with van der Waals surface area (Å²) >= 11 is 3.55. The van der Waals surface area contributed by atoms with Gasteiger partial charge in [-0.25, -0.2) is 4.79 Å². The van der Waals surface area contributed by atoms with Crippen LogP contribution in [0.25, 0.3) is 17.4 Å². The Morgan fingerprint density at radius 2 is 1.95 bits per heavy atom. The maximum Gasteiger partial charge on any atom is 0.330 e. The molecule has 0 aliphatic heterocycles. The lowest BCUT2D eigenvalue weighted by Crippen LogP contribution is -1.98. The van der Waals surface area contributed by atoms with E-state index in [9.17, 15) is 4.79 Å². The average Bonchev–Trinajstić information content (AvgIpc) is 2.91. The number of hydrogen-bond acceptors (Lipinski definition) is 3. The van der Waals surface area contributed by atoms with E-state index in [4.69, 9.17) is 9.15 Å². The van der Waals surface area contributed by atoms with Gasteiger partial charge in [0.1, 0.15) is 11.5 Å². The number of rotatable bonds is 4. The topological polar surface area (TPSA) is 39.4 Å². The van der Waals surface area contributed by atoms with Crippen molar-refractivity contribution < 1.29 is 13.9 Å². The summed E-state index contributed by atoms with van der Waals surface area (Å²) in [6.07, 6.45) is 2.98. The molecule has 4 heteroatoms. The fourth-order valence-corrected chi connectivity index (χ4v) is 2.26. The molecular formula is C17H17BrO3. The van der Waals surface area contributed by atoms with Gasteiger partial charge in [0.15, 0.2) is 0 Å². The zero-order chi connectivity index (χ0) is 15.4. The highest BCUT2D eigenvalue weighted by atomic mass is 79.9. The quantitative estimate of drug-likeness (QED) is 0.582. The van der Waals surface area contributed by atoms with Crippen molar-refractivity contribution in [3.05, 3.63) is 51.7 Å². The van der Waals surface area contributed by atoms with Crippen LogP contribution in [-0.2, 0) is 9.53 Å². The van der Waals surface area contributed by atoms with Gasteiger partial charge < -0.3 is 9.15 Å². The summed E-state index contributed by atoms with van der Waals surface area (Å²) in [6.45, 7) is 6.23. The van der Waals surface area contributed by atoms with Crippen LogP contribution < -0.4 is 0 Å². The van der Waals surface area contributed by atoms with Crippen molar-refractivity contribution in [2.75, 3.05) is 6.61 Å². The van der Waals surface area contributed by atoms with Crippen molar-refractivity contribution >= 4 is 28.0 Å². The molecule has 1 aromatic heterocycles. The van der Waals surface area contributed by atoms with Gasteiger partial charge in [0.2, 0.25) is 0 Å². The van der Waals surface area contributed by atoms with Crippen LogP contribution in [0.2, 0.25) is 0 Å². The molecule has 0 fully saturated rings. The zero-order valence-corrected chi connectivity index (χ0v) is 13.9. The summed E-state index contributed by atoms with van der Waals surface area (Å²) in [5, 5.41) is 0. The average molecular weight is 349 g/mol. The number of carbonyl (C=O) groups is 1. The lowest BCUT2D eigenvalue weighted by molar-refractivity contribution is -0.137. The van der Waals surface area contributed by atoms with Gasteiger partial charge in [-0.1, -0.05) is 15.9 Å². The van der Waals surface area contributed by atoms with E-state index < -0.39 is 0 Å². The molecule has 0 atom stereocenters. The molecule has 0 aliphatic rings. The van der Waals surface area contributed by atoms with Crippen molar-refractivity contribution in [2.24, 2.45) is 0 Å². The van der Waals surface area contributed by atoms with Crippen LogP contribution in [0.3, 0.4) is 0 Å². The standard InChI is InChI=1S/C17H17BrO3/c1-4-20-16(19)8-6-14-5-7-15(21-14)13-9-11(2)17(18)12(3)10-13/h5-10H,4H2,1-3H3/b8-6+. The van der Waals surface area contributed by atoms with Crippen molar-refractivity contribution in [3.63, 3.8) is 0 Å². The Balaban J connectivity index is 2.22. The Labute approximate surface area is 132 Å². The number of hydrogen-bond donors (Lipinski definition) is 0. The molecule has 0 unspecified atom stereocenters. The molecule has 0 spiro atoms. The highest BCUT2D eigenvalue weighted by Crippen LogP contribution is 2.29. The number of benzene rings is 1. The number of aryl methyl sites for hydroxylation is 2. The predicted octanol–water partition coefficient (Wildman–Crippen LogP) is 4.90. The van der Waals surface area contributed by atoms with Crippen LogP contribution >= 0.6 is 15.9 Å². The SMILES string of the molecule is CCOC(=O)/C=C/c1ccc(-c2cc(C)c(Br)c(C)c2)o1. The van der Waals surface area contributed by atoms with Crippen LogP contribution in [0.1, 0.15) is 23.8 Å². The Bertz CT molecular complexity index is 660. The second-order valence-electron chi connectivity index (χ2n) is 4.71. The molecule has 2 aromatic rings. The minimum absolute atomic E-state index is 0.365. The molecule has 0 saturated heterocycles. The first kappa shape index (κ1) is 15.6. The first-order chi connectivity index (χ1) is 10.0. The van der Waals surface area contributed by atoms with E-state index >= 15 is 0 Å². The molecule has 3 nitrogen and oxygen atoms in total. The zero-order valence-electron chi connectivity index (χ0n) is 12.3. The Hall–Kier alpha value is -1.81. The Morgan fingerprint density at radius 3 is 2.57 bits per heavy atom. The lowest BCUT2D eigenvalue weighted by Gasteiger charge is -2.05. The van der Waals surface area contributed by atoms with E-state index in [1.807, 2.05) is 26.0 Å². The van der Waals surface area contributed by atoms with Crippen molar-refractivity contribution in [2.45, 2.75) is 20.8 Å². The van der Waals surface area contributed by atoms with Crippen LogP contribution in [0.4, 0.5) is 0 Å². The van der Waals surface area contributed by atoms with Crippen molar-refractivity contribution in [1.82, 2.24) is 0 Å². The summed E-state index contributed by atoms with van der Waals surface area (Å²) in [4.78, 5) is 11.3. The van der Waals surface area contributed by atoms with Crippen LogP contribution in [0.15, 0.2) is 39.2 Å². The molecule has 0 radical (unpaired) electrons. The lowest BCUT2D eigenvalue weighted by atomic mass is 10.1. The third-order valence-electron chi connectivity index (χ3n) is 3.02. The smallest absolute Gasteiger partial charge is 0.330 e. The Kier molecular flexibility index (Phi) is 5.02. The van der Waals surface area contributed by atoms with Gasteiger partial charge in [-0.2, -0.15) is 0 Å². The summed E-state index contributed by atoms with van der Waals surface area (Å²) < 4.78 is 11.7. The molecule has 0 N–H and O–H groups in total. The number of ether oxygens (including phenoxy) is 1. The minimum atomic E-state index is -0.370. The third-order valence-corrected chi connectivity index (χ3v) is 4.27. The van der Waals surface area contributed by atoms with Gasteiger partial charge in [-0.15, -0.1) is 0 Å². The first-order valence-corrected chi connectivity index (χ1v) is 7.52. The number of esters is 1. The minimum Gasteiger partial charge on any atom is -0.463 e. The van der Waals surface area contributed by atoms with Crippen LogP contribution in [-0.4, -0.2) is 12.6 Å². The molecule has 0 amide bonds. The third kappa shape index (κ3) is 3.85. The van der Waals surface area contributed by atoms with Crippen LogP contribution in [0, 0.1) is 13.8 Å². The second kappa shape index (κ2) is 6.76. The van der Waals surface area contributed by atoms with E-state index in [2.05, 4.69) is 28.1 Å². The largest absolute Gasteiger partial charge is 0.463 e. The van der Waals surface area contributed by atoms with E-state index in [0.717, 1.165) is 26.9 Å². The molecule has 2 rings (SSSR count). The fraction of sp³-hybridized carbons (Fsp3) is 0.235. The van der Waals surface area contributed by atoms with E-state index in [-0.39, 0.29) is 5.97 Å². The highest BCUT2D eigenvalue weighted by Gasteiger charge is 2.08. The van der Waals surface area contributed by atoms with Gasteiger partial charge in [0.05, 0.1) is 6.61 Å². The van der Waals surface area contributed by atoms with Crippen LogP contribution in [0.5, 0.6) is 0 Å². The maximum absolute atomic E-state index is 11.3. The van der Waals surface area contributed by atoms with Gasteiger partial charge in [-0.3, -0.25) is 0 Å². The number of carbonyl (C=O) groups excluding carboxylic acids is 1. The summed E-state index contributed by atoms with van der Waals surface area (Å²) in [6, 6.07) is 7.86. The van der Waals surface area contributed by atoms with Gasteiger partial charge in [-0.05, 0) is 62.2 Å². The Morgan fingerprint density at radius 1 is 1.29 bits per heavy atom. The number of furan rings is 1. The summed E-state index contributed by atoms with van der Waals surface area (Å²) in [5.74, 6) is 1.03.